The molecule has 3 aromatic rings. The molecule has 2 heterocycles. The largest absolute Gasteiger partial charge is 0.467 e. The average Bonchev–Trinajstić information content (AvgIpc) is 3.07. The van der Waals surface area contributed by atoms with Crippen molar-refractivity contribution in [1.29, 1.82) is 0 Å². The van der Waals surface area contributed by atoms with Gasteiger partial charge in [0.05, 0.1) is 17.7 Å². The molecule has 0 aliphatic heterocycles. The van der Waals surface area contributed by atoms with E-state index in [4.69, 9.17) is 4.42 Å². The van der Waals surface area contributed by atoms with Crippen LogP contribution in [0.5, 0.6) is 0 Å². The summed E-state index contributed by atoms with van der Waals surface area (Å²) < 4.78 is 5.43. The van der Waals surface area contributed by atoms with Crippen molar-refractivity contribution in [3.05, 3.63) is 88.0 Å². The number of hydrogen-bond donors (Lipinski definition) is 0. The minimum absolute atomic E-state index is 0.0211. The Morgan fingerprint density at radius 3 is 2.67 bits per heavy atom. The lowest BCUT2D eigenvalue weighted by Crippen LogP contribution is -2.22. The van der Waals surface area contributed by atoms with Crippen molar-refractivity contribution < 1.29 is 9.34 Å². The van der Waals surface area contributed by atoms with Gasteiger partial charge in [0.15, 0.2) is 0 Å². The number of nitrogens with zero attached hydrogens (tertiary/aromatic N) is 3. The highest BCUT2D eigenvalue weighted by molar-refractivity contribution is 5.44. The molecule has 0 bridgehead atoms. The molecule has 0 amide bonds. The highest BCUT2D eigenvalue weighted by Gasteiger charge is 2.13. The number of hydrogen-bond acceptors (Lipinski definition) is 5. The van der Waals surface area contributed by atoms with Crippen molar-refractivity contribution in [2.24, 2.45) is 0 Å². The minimum Gasteiger partial charge on any atom is -0.467 e. The van der Waals surface area contributed by atoms with Crippen LogP contribution in [0.3, 0.4) is 0 Å². The Bertz CT molecular complexity index is 814. The molecule has 0 spiro atoms. The molecule has 1 aromatic carbocycles. The van der Waals surface area contributed by atoms with E-state index in [0.717, 1.165) is 11.3 Å². The van der Waals surface area contributed by atoms with Gasteiger partial charge in [-0.1, -0.05) is 29.8 Å². The monoisotopic (exact) mass is 323 g/mol. The summed E-state index contributed by atoms with van der Waals surface area (Å²) in [5.74, 6) is 1.47. The summed E-state index contributed by atoms with van der Waals surface area (Å²) in [4.78, 5) is 16.6. The van der Waals surface area contributed by atoms with Crippen molar-refractivity contribution in [3.8, 4) is 0 Å². The molecule has 0 saturated carbocycles. The molecule has 6 heteroatoms. The lowest BCUT2D eigenvalue weighted by molar-refractivity contribution is -0.385. The summed E-state index contributed by atoms with van der Waals surface area (Å²) in [5.41, 5.74) is 2.30. The van der Waals surface area contributed by atoms with Gasteiger partial charge in [0, 0.05) is 12.6 Å². The van der Waals surface area contributed by atoms with E-state index in [1.807, 2.05) is 42.2 Å². The Kier molecular flexibility index (Phi) is 4.56. The van der Waals surface area contributed by atoms with Crippen LogP contribution in [-0.2, 0) is 13.1 Å². The molecule has 122 valence electrons. The Balaban J connectivity index is 1.87. The lowest BCUT2D eigenvalue weighted by Gasteiger charge is -2.23. The maximum absolute atomic E-state index is 10.8. The van der Waals surface area contributed by atoms with E-state index in [0.29, 0.717) is 18.9 Å². The summed E-state index contributed by atoms with van der Waals surface area (Å²) in [6.45, 7) is 3.21. The molecule has 0 atom stereocenters. The van der Waals surface area contributed by atoms with Gasteiger partial charge in [-0.3, -0.25) is 10.1 Å². The number of benzene rings is 1. The van der Waals surface area contributed by atoms with E-state index in [1.165, 1.54) is 17.8 Å². The predicted molar refractivity (Wildman–Crippen MR) is 90.7 cm³/mol. The van der Waals surface area contributed by atoms with Crippen LogP contribution in [0, 0.1) is 17.0 Å². The predicted octanol–water partition coefficient (Wildman–Crippen LogP) is 4.10. The van der Waals surface area contributed by atoms with E-state index in [1.54, 1.807) is 12.3 Å². The Morgan fingerprint density at radius 2 is 2.04 bits per heavy atom. The Labute approximate surface area is 139 Å². The molecule has 0 saturated heterocycles. The third-order valence-electron chi connectivity index (χ3n) is 3.65. The highest BCUT2D eigenvalue weighted by Crippen LogP contribution is 2.21. The second-order valence-electron chi connectivity index (χ2n) is 5.56. The summed E-state index contributed by atoms with van der Waals surface area (Å²) in [5, 5.41) is 10.8. The van der Waals surface area contributed by atoms with Crippen LogP contribution in [0.15, 0.2) is 65.4 Å². The first-order valence-electron chi connectivity index (χ1n) is 7.55. The standard InChI is InChI=1S/C18H17N3O3/c1-14-4-2-5-15(10-14)12-20(13-17-6-3-9-24-17)18-8-7-16(11-19-18)21(22)23/h2-11H,12-13H2,1H3. The fourth-order valence-corrected chi connectivity index (χ4v) is 2.51. The number of aryl methyl sites for hydroxylation is 1. The van der Waals surface area contributed by atoms with E-state index in [2.05, 4.69) is 11.1 Å². The molecule has 0 N–H and O–H groups in total. The number of nitro groups is 1. The van der Waals surface area contributed by atoms with Gasteiger partial charge < -0.3 is 9.32 Å². The first-order valence-corrected chi connectivity index (χ1v) is 7.55. The zero-order valence-corrected chi connectivity index (χ0v) is 13.3. The van der Waals surface area contributed by atoms with Crippen LogP contribution in [0.4, 0.5) is 11.5 Å². The van der Waals surface area contributed by atoms with Gasteiger partial charge in [-0.2, -0.15) is 0 Å². The van der Waals surface area contributed by atoms with Gasteiger partial charge in [0.1, 0.15) is 17.8 Å². The topological polar surface area (TPSA) is 72.4 Å². The van der Waals surface area contributed by atoms with E-state index in [9.17, 15) is 10.1 Å². The fourth-order valence-electron chi connectivity index (χ4n) is 2.51. The zero-order chi connectivity index (χ0) is 16.9. The second kappa shape index (κ2) is 6.95. The molecular weight excluding hydrogens is 306 g/mol. The molecule has 0 fully saturated rings. The maximum Gasteiger partial charge on any atom is 0.287 e. The molecule has 0 aliphatic carbocycles. The molecule has 24 heavy (non-hydrogen) atoms. The molecule has 0 unspecified atom stereocenters. The van der Waals surface area contributed by atoms with Gasteiger partial charge in [-0.15, -0.1) is 0 Å². The van der Waals surface area contributed by atoms with Crippen molar-refractivity contribution in [1.82, 2.24) is 4.98 Å². The number of rotatable bonds is 6. The van der Waals surface area contributed by atoms with Crippen LogP contribution in [-0.4, -0.2) is 9.91 Å². The average molecular weight is 323 g/mol. The lowest BCUT2D eigenvalue weighted by atomic mass is 10.1. The van der Waals surface area contributed by atoms with Gasteiger partial charge in [0.25, 0.3) is 5.69 Å². The molecule has 3 rings (SSSR count). The van der Waals surface area contributed by atoms with Crippen molar-refractivity contribution >= 4 is 11.5 Å². The normalized spacial score (nSPS) is 10.5. The quantitative estimate of drug-likeness (QED) is 0.504. The molecule has 6 nitrogen and oxygen atoms in total. The number of aromatic nitrogens is 1. The first-order chi connectivity index (χ1) is 11.6. The van der Waals surface area contributed by atoms with Gasteiger partial charge in [-0.05, 0) is 30.7 Å². The summed E-state index contributed by atoms with van der Waals surface area (Å²) in [6, 6.07) is 15.1. The summed E-state index contributed by atoms with van der Waals surface area (Å²) in [7, 11) is 0. The third kappa shape index (κ3) is 3.78. The van der Waals surface area contributed by atoms with Crippen LogP contribution in [0.25, 0.3) is 0 Å². The van der Waals surface area contributed by atoms with Crippen LogP contribution < -0.4 is 4.90 Å². The van der Waals surface area contributed by atoms with Crippen molar-refractivity contribution in [2.45, 2.75) is 20.0 Å². The molecule has 0 aliphatic rings. The molecule has 2 aromatic heterocycles. The number of anilines is 1. The van der Waals surface area contributed by atoms with Crippen LogP contribution >= 0.6 is 0 Å². The Morgan fingerprint density at radius 1 is 1.17 bits per heavy atom. The molecule has 0 radical (unpaired) electrons. The number of furan rings is 1. The van der Waals surface area contributed by atoms with Gasteiger partial charge in [-0.25, -0.2) is 4.98 Å². The van der Waals surface area contributed by atoms with E-state index >= 15 is 0 Å². The summed E-state index contributed by atoms with van der Waals surface area (Å²) in [6.07, 6.45) is 2.91. The van der Waals surface area contributed by atoms with Crippen molar-refractivity contribution in [3.63, 3.8) is 0 Å². The Hall–Kier alpha value is -3.15. The third-order valence-corrected chi connectivity index (χ3v) is 3.65. The first kappa shape index (κ1) is 15.7. The van der Waals surface area contributed by atoms with E-state index in [-0.39, 0.29) is 5.69 Å². The molecular formula is C18H17N3O3. The van der Waals surface area contributed by atoms with E-state index < -0.39 is 4.92 Å². The SMILES string of the molecule is Cc1cccc(CN(Cc2ccco2)c2ccc([N+](=O)[O-])cn2)c1. The fraction of sp³-hybridized carbons (Fsp3) is 0.167. The smallest absolute Gasteiger partial charge is 0.287 e. The van der Waals surface area contributed by atoms with Gasteiger partial charge in [0.2, 0.25) is 0 Å². The van der Waals surface area contributed by atoms with Gasteiger partial charge >= 0.3 is 0 Å². The van der Waals surface area contributed by atoms with Crippen molar-refractivity contribution in [2.75, 3.05) is 4.90 Å². The van der Waals surface area contributed by atoms with Crippen LogP contribution in [0.1, 0.15) is 16.9 Å². The summed E-state index contributed by atoms with van der Waals surface area (Å²) >= 11 is 0. The minimum atomic E-state index is -0.450. The van der Waals surface area contributed by atoms with Crippen LogP contribution in [0.2, 0.25) is 0 Å². The zero-order valence-electron chi connectivity index (χ0n) is 13.3. The second-order valence-corrected chi connectivity index (χ2v) is 5.56. The highest BCUT2D eigenvalue weighted by atomic mass is 16.6. The number of pyridine rings is 1. The maximum atomic E-state index is 10.8.